The van der Waals surface area contributed by atoms with Gasteiger partial charge in [0.15, 0.2) is 11.6 Å². The number of carbonyl (C=O) groups is 14. The van der Waals surface area contributed by atoms with E-state index in [0.29, 0.717) is 5.56 Å². The smallest absolute Gasteiger partial charge is 0.350 e. The second kappa shape index (κ2) is 38.4. The number of ether oxygens (including phenoxy) is 5. The Morgan fingerprint density at radius 3 is 1.83 bits per heavy atom. The van der Waals surface area contributed by atoms with E-state index < -0.39 is 215 Å². The molecule has 2 bridgehead atoms. The number of fused-ring (bicyclic) bond motifs is 5. The number of nitrogens with zero attached hydrogens (tertiary/aromatic N) is 1. The summed E-state index contributed by atoms with van der Waals surface area (Å²) in [5, 5.41) is 41.7. The fourth-order valence-corrected chi connectivity index (χ4v) is 15.8. The minimum atomic E-state index is -2.39. The molecule has 33 heteroatoms. The summed E-state index contributed by atoms with van der Waals surface area (Å²) in [6.07, 6.45) is -11.3. The summed E-state index contributed by atoms with van der Waals surface area (Å²) in [7, 11) is 1.43. The molecule has 0 spiro atoms. The molecule has 4 aromatic rings. The summed E-state index contributed by atoms with van der Waals surface area (Å²) in [6, 6.07) is 23.3. The topological polar surface area (TPSA) is 540 Å². The Hall–Kier alpha value is -11.1. The van der Waals surface area contributed by atoms with E-state index in [0.717, 1.165) is 6.92 Å². The number of primary amides is 2. The zero-order chi connectivity index (χ0) is 82.9. The molecule has 608 valence electrons. The summed E-state index contributed by atoms with van der Waals surface area (Å²) in [6.45, 7) is 8.74. The monoisotopic (exact) mass is 1570 g/mol. The van der Waals surface area contributed by atoms with E-state index in [1.165, 1.54) is 38.2 Å². The molecular weight excluding hydrogens is 1460 g/mol. The zero-order valence-electron chi connectivity index (χ0n) is 64.1. The van der Waals surface area contributed by atoms with Crippen molar-refractivity contribution in [3.05, 3.63) is 155 Å². The van der Waals surface area contributed by atoms with Crippen LogP contribution < -0.4 is 60.6 Å². The van der Waals surface area contributed by atoms with Crippen molar-refractivity contribution >= 4 is 88.5 Å². The van der Waals surface area contributed by atoms with E-state index >= 15 is 9.59 Å². The van der Waals surface area contributed by atoms with Crippen LogP contribution in [0.2, 0.25) is 0 Å². The first kappa shape index (κ1) is 87.4. The van der Waals surface area contributed by atoms with Gasteiger partial charge in [-0.15, -0.1) is 0 Å². The van der Waals surface area contributed by atoms with Crippen molar-refractivity contribution in [2.75, 3.05) is 26.7 Å². The van der Waals surface area contributed by atoms with Gasteiger partial charge in [-0.3, -0.25) is 62.5 Å². The van der Waals surface area contributed by atoms with Gasteiger partial charge in [-0.05, 0) is 106 Å². The van der Waals surface area contributed by atoms with Crippen LogP contribution in [0.1, 0.15) is 150 Å². The molecule has 3 fully saturated rings. The minimum Gasteiger partial charge on any atom is -0.455 e. The molecule has 3 aliphatic carbocycles. The Morgan fingerprint density at radius 2 is 1.25 bits per heavy atom. The van der Waals surface area contributed by atoms with Crippen LogP contribution in [0.4, 0.5) is 0 Å². The van der Waals surface area contributed by atoms with Gasteiger partial charge in [0.1, 0.15) is 53.9 Å². The van der Waals surface area contributed by atoms with Crippen molar-refractivity contribution in [3.63, 3.8) is 0 Å². The lowest BCUT2D eigenvalue weighted by molar-refractivity contribution is -0.345. The number of aliphatic imine (C=N–C) groups is 1. The second-order valence-corrected chi connectivity index (χ2v) is 29.7. The number of nitrogens with one attached hydrogen (secondary N) is 6. The number of aliphatic hydroxyl groups excluding tert-OH is 1. The van der Waals surface area contributed by atoms with E-state index in [-0.39, 0.29) is 98.4 Å². The van der Waals surface area contributed by atoms with Gasteiger partial charge in [-0.1, -0.05) is 118 Å². The van der Waals surface area contributed by atoms with Crippen LogP contribution in [0.15, 0.2) is 137 Å². The predicted molar refractivity (Wildman–Crippen MR) is 406 cm³/mol. The van der Waals surface area contributed by atoms with E-state index in [4.69, 9.17) is 52.4 Å². The average Bonchev–Trinajstić information content (AvgIpc) is 0.669. The van der Waals surface area contributed by atoms with Crippen molar-refractivity contribution in [1.82, 2.24) is 31.9 Å². The Balaban J connectivity index is 0.961. The quantitative estimate of drug-likeness (QED) is 0.00556. The number of guanidine groups is 1. The Bertz CT molecular complexity index is 4240. The van der Waals surface area contributed by atoms with Crippen molar-refractivity contribution in [3.8, 4) is 0 Å². The number of nitrogens with two attached hydrogens (primary N) is 5. The lowest BCUT2D eigenvalue weighted by atomic mass is 9.43. The van der Waals surface area contributed by atoms with E-state index in [1.54, 1.807) is 125 Å². The van der Waals surface area contributed by atoms with Crippen LogP contribution >= 0.6 is 0 Å². The minimum absolute atomic E-state index is 0.0166. The van der Waals surface area contributed by atoms with E-state index in [9.17, 15) is 67.7 Å². The highest BCUT2D eigenvalue weighted by Crippen LogP contribution is 2.65. The number of unbranched alkanes of at least 4 members (excludes halogenated alkanes) is 1. The van der Waals surface area contributed by atoms with E-state index in [1.807, 2.05) is 0 Å². The molecule has 2 saturated carbocycles. The number of hydrogen-bond acceptors (Lipinski definition) is 24. The van der Waals surface area contributed by atoms with Gasteiger partial charge in [0, 0.05) is 56.2 Å². The van der Waals surface area contributed by atoms with Crippen molar-refractivity contribution in [2.45, 2.75) is 197 Å². The largest absolute Gasteiger partial charge is 0.455 e. The molecule has 18 N–H and O–H groups in total. The predicted octanol–water partition coefficient (Wildman–Crippen LogP) is 0.613. The number of hydrogen-bond donors (Lipinski definition) is 13. The number of amides is 7. The number of Topliss-reactive ketones (excluding diaryl/α,β-unsaturated/α-hetero) is 3. The molecule has 4 aliphatic rings. The third-order valence-electron chi connectivity index (χ3n) is 21.8. The summed E-state index contributed by atoms with van der Waals surface area (Å²) < 4.78 is 31.2. The maximum atomic E-state index is 15.7. The molecule has 0 aromatic heterocycles. The standard InChI is InChI=1S/C80H102N12O21/c1-43-55(41-80(108)69(112-74(106)49-29-18-11-19-30-49)67-78(6,68(101)44(2)62(43)77(80,4)5)56(94)40-57-79(67,42-109-57)113-45(3)93)110-75(107)66(63(47-25-14-9-15-26-47)92-70(102)48-27-16-10-17-28-48)111-61(98)34-33-60(97)87-35-21-20-31-50(81)71(103)89-51(32-22-36-88-76(84)85)72(104)91-54(39-59(83)96)73(105)90-53(38-58(82)95)65(100)64(99)52(86-7)37-46-23-12-8-13-24-46/h8-19,23-30,44,50-57,63,66-67,69,86,94,108H,20-22,31-42,81H2,1-7H3,(H2,82,95)(H2,83,96)(H,87,97)(H,89,103)(H,90,105)(H,91,104)(H,92,102)(H4,84,85,88)/t44-,50+,51+,52+,53?,54+,55+,56+,57-,63+,66-,67+,69+,78-,79+,80-/m1/s1. The molecule has 4 aromatic carbocycles. The van der Waals surface area contributed by atoms with Gasteiger partial charge in [0.05, 0.1) is 61.0 Å². The molecule has 33 nitrogen and oxygen atoms in total. The van der Waals surface area contributed by atoms with Gasteiger partial charge < -0.3 is 94.5 Å². The summed E-state index contributed by atoms with van der Waals surface area (Å²) in [5.74, 6) is -16.6. The van der Waals surface area contributed by atoms with Gasteiger partial charge in [0.25, 0.3) is 5.91 Å². The fourth-order valence-electron chi connectivity index (χ4n) is 15.8. The Kier molecular flexibility index (Phi) is 29.7. The van der Waals surface area contributed by atoms with Crippen molar-refractivity contribution < 1.29 is 101 Å². The first-order valence-electron chi connectivity index (χ1n) is 37.4. The molecule has 0 radical (unpaired) electrons. The SMILES string of the molecule is CN[C@@H](Cc1ccccc1)C(=O)C(=O)C(CC(N)=O)NC(=O)[C@H](CC(N)=O)NC(=O)[C@H](CCCN=C(N)N)NC(=O)[C@@H](N)CCCCNC(=O)CCC(=O)O[C@@H](C(=O)O[C@H]1C[C@@]2(O)[C@@H](OC(=O)c3ccccc3)[C@@H]3[C@]4(OC(C)=O)CO[C@@H]4C[C@H](O)[C@@]3(C)C(=O)[C@H](C)C(=C1C)C2(C)C)[C@@H](NC(=O)c1ccccc1)c1ccccc1. The van der Waals surface area contributed by atoms with Crippen molar-refractivity contribution in [1.29, 1.82) is 0 Å². The zero-order valence-corrected chi connectivity index (χ0v) is 64.1. The average molecular weight is 1570 g/mol. The lowest BCUT2D eigenvalue weighted by Gasteiger charge is -2.67. The lowest BCUT2D eigenvalue weighted by Crippen LogP contribution is -2.81. The number of ketones is 3. The number of likely N-dealkylation sites (N-methyl/N-ethyl adjacent to an activating group) is 1. The molecule has 7 amide bonds. The maximum Gasteiger partial charge on any atom is 0.350 e. The molecule has 113 heavy (non-hydrogen) atoms. The van der Waals surface area contributed by atoms with Crippen LogP contribution in [-0.2, 0) is 87.6 Å². The fraction of sp³-hybridized carbons (Fsp3) is 0.487. The third kappa shape index (κ3) is 20.8. The molecule has 16 atom stereocenters. The molecule has 1 saturated heterocycles. The van der Waals surface area contributed by atoms with Crippen LogP contribution in [0.25, 0.3) is 0 Å². The maximum absolute atomic E-state index is 15.7. The molecule has 1 unspecified atom stereocenters. The van der Waals surface area contributed by atoms with Crippen LogP contribution in [0.5, 0.6) is 0 Å². The van der Waals surface area contributed by atoms with E-state index in [2.05, 4.69) is 36.9 Å². The Morgan fingerprint density at radius 1 is 0.681 bits per heavy atom. The Labute approximate surface area is 653 Å². The summed E-state index contributed by atoms with van der Waals surface area (Å²) in [4.78, 5) is 199. The van der Waals surface area contributed by atoms with Gasteiger partial charge in [-0.2, -0.15) is 0 Å². The normalized spacial score (nSPS) is 23.8. The third-order valence-corrected chi connectivity index (χ3v) is 21.8. The van der Waals surface area contributed by atoms with Crippen LogP contribution in [0, 0.1) is 22.7 Å². The summed E-state index contributed by atoms with van der Waals surface area (Å²) >= 11 is 0. The number of carbonyl (C=O) groups excluding carboxylic acids is 14. The number of aliphatic hydroxyl groups is 2. The highest BCUT2D eigenvalue weighted by molar-refractivity contribution is 6.41. The van der Waals surface area contributed by atoms with Gasteiger partial charge in [-0.25, -0.2) is 9.59 Å². The van der Waals surface area contributed by atoms with Crippen LogP contribution in [0.3, 0.4) is 0 Å². The first-order valence-corrected chi connectivity index (χ1v) is 37.4. The van der Waals surface area contributed by atoms with Gasteiger partial charge in [0.2, 0.25) is 53.1 Å². The highest BCUT2D eigenvalue weighted by Gasteiger charge is 2.78. The molecule has 1 heterocycles. The number of benzene rings is 4. The molecule has 1 aliphatic heterocycles. The highest BCUT2D eigenvalue weighted by atomic mass is 16.6. The van der Waals surface area contributed by atoms with Crippen molar-refractivity contribution in [2.24, 2.45) is 56.3 Å². The number of esters is 4. The molecule has 8 rings (SSSR count). The second-order valence-electron chi connectivity index (χ2n) is 29.7. The van der Waals surface area contributed by atoms with Gasteiger partial charge >= 0.3 is 23.9 Å². The number of rotatable bonds is 38. The van der Waals surface area contributed by atoms with Crippen LogP contribution in [-0.4, -0.2) is 197 Å². The summed E-state index contributed by atoms with van der Waals surface area (Å²) in [5.41, 5.74) is 22.2. The molecular formula is C80H102N12O21. The first-order chi connectivity index (χ1) is 53.5.